The zero-order valence-electron chi connectivity index (χ0n) is 14.5. The Labute approximate surface area is 148 Å². The fraction of sp³-hybridized carbons (Fsp3) is 0.250. The van der Waals surface area contributed by atoms with Gasteiger partial charge in [-0.3, -0.25) is 4.79 Å². The van der Waals surface area contributed by atoms with Crippen molar-refractivity contribution in [1.29, 1.82) is 0 Å². The monoisotopic (exact) mass is 355 g/mol. The van der Waals surface area contributed by atoms with Crippen molar-refractivity contribution >= 4 is 27.5 Å². The molecule has 5 heteroatoms. The third kappa shape index (κ3) is 3.82. The van der Waals surface area contributed by atoms with Gasteiger partial charge in [-0.15, -0.1) is 0 Å². The third-order valence-electron chi connectivity index (χ3n) is 4.22. The second-order valence-corrected chi connectivity index (χ2v) is 9.07. The van der Waals surface area contributed by atoms with Crippen LogP contribution >= 0.6 is 0 Å². The van der Waals surface area contributed by atoms with E-state index in [1.165, 1.54) is 17.0 Å². The van der Waals surface area contributed by atoms with Crippen LogP contribution in [0, 0.1) is 0 Å². The normalized spacial score (nSPS) is 15.0. The van der Waals surface area contributed by atoms with Crippen LogP contribution < -0.4 is 5.32 Å². The van der Waals surface area contributed by atoms with Crippen LogP contribution in [0.2, 0.25) is 0 Å². The van der Waals surface area contributed by atoms with Crippen LogP contribution in [0.3, 0.4) is 0 Å². The Morgan fingerprint density at radius 3 is 2.36 bits per heavy atom. The molecule has 0 radical (unpaired) electrons. The first kappa shape index (κ1) is 17.4. The zero-order chi connectivity index (χ0) is 18.2. The van der Waals surface area contributed by atoms with Crippen LogP contribution in [-0.2, 0) is 26.5 Å². The van der Waals surface area contributed by atoms with Crippen molar-refractivity contribution in [3.63, 3.8) is 0 Å². The Bertz CT molecular complexity index is 949. The maximum absolute atomic E-state index is 12.2. The van der Waals surface area contributed by atoms with Crippen molar-refractivity contribution in [3.05, 3.63) is 64.6 Å². The molecule has 0 aliphatic carbocycles. The van der Waals surface area contributed by atoms with Crippen molar-refractivity contribution in [3.8, 4) is 0 Å². The fourth-order valence-electron chi connectivity index (χ4n) is 2.75. The Hall–Kier alpha value is -2.40. The summed E-state index contributed by atoms with van der Waals surface area (Å²) in [6.07, 6.45) is 1.81. The smallest absolute Gasteiger partial charge is 0.228 e. The second-order valence-electron chi connectivity index (χ2n) is 7.27. The lowest BCUT2D eigenvalue weighted by Gasteiger charge is -2.19. The Kier molecular flexibility index (Phi) is 4.29. The molecule has 0 saturated heterocycles. The number of carbonyl (C=O) groups excluding carboxylic acids is 1. The molecular formula is C20H21NO3S. The number of hydrogen-bond donors (Lipinski definition) is 1. The first-order valence-corrected chi connectivity index (χ1v) is 9.66. The molecular weight excluding hydrogens is 334 g/mol. The summed E-state index contributed by atoms with van der Waals surface area (Å²) < 4.78 is 23.8. The number of benzene rings is 2. The number of sulfone groups is 1. The van der Waals surface area contributed by atoms with Crippen LogP contribution in [0.1, 0.15) is 37.5 Å². The molecule has 0 fully saturated rings. The zero-order valence-corrected chi connectivity index (χ0v) is 15.4. The predicted octanol–water partition coefficient (Wildman–Crippen LogP) is 3.92. The molecule has 0 aromatic heterocycles. The van der Waals surface area contributed by atoms with Gasteiger partial charge in [0.15, 0.2) is 0 Å². The average molecular weight is 355 g/mol. The number of fused-ring (bicyclic) bond motifs is 1. The number of anilines is 1. The highest BCUT2D eigenvalue weighted by atomic mass is 32.2. The lowest BCUT2D eigenvalue weighted by molar-refractivity contribution is -0.115. The second kappa shape index (κ2) is 6.15. The molecule has 1 amide bonds. The maximum atomic E-state index is 12.2. The van der Waals surface area contributed by atoms with Crippen LogP contribution in [0.15, 0.2) is 52.8 Å². The Balaban J connectivity index is 1.70. The van der Waals surface area contributed by atoms with Crippen LogP contribution in [0.25, 0.3) is 6.08 Å². The van der Waals surface area contributed by atoms with Gasteiger partial charge in [-0.05, 0) is 40.3 Å². The molecule has 0 spiro atoms. The Morgan fingerprint density at radius 1 is 1.04 bits per heavy atom. The fourth-order valence-corrected chi connectivity index (χ4v) is 3.97. The topological polar surface area (TPSA) is 63.2 Å². The molecule has 2 aromatic rings. The largest absolute Gasteiger partial charge is 0.326 e. The SMILES string of the molecule is CC(C)(C)c1ccc(CC(=O)Nc2ccc3c(c2)S(=O)(=O)C=C3)cc1. The first-order valence-electron chi connectivity index (χ1n) is 8.12. The minimum Gasteiger partial charge on any atom is -0.326 e. The molecule has 25 heavy (non-hydrogen) atoms. The van der Waals surface area contributed by atoms with E-state index < -0.39 is 9.84 Å². The average Bonchev–Trinajstić information content (AvgIpc) is 2.82. The summed E-state index contributed by atoms with van der Waals surface area (Å²) in [4.78, 5) is 12.5. The van der Waals surface area contributed by atoms with Gasteiger partial charge >= 0.3 is 0 Å². The predicted molar refractivity (Wildman–Crippen MR) is 100 cm³/mol. The molecule has 4 nitrogen and oxygen atoms in total. The summed E-state index contributed by atoms with van der Waals surface area (Å²) in [5.41, 5.74) is 3.34. The van der Waals surface area contributed by atoms with Crippen LogP contribution in [-0.4, -0.2) is 14.3 Å². The summed E-state index contributed by atoms with van der Waals surface area (Å²) in [6.45, 7) is 6.43. The van der Waals surface area contributed by atoms with Gasteiger partial charge in [0.25, 0.3) is 0 Å². The molecule has 0 atom stereocenters. The molecule has 1 aliphatic heterocycles. The summed E-state index contributed by atoms with van der Waals surface area (Å²) in [5, 5.41) is 3.95. The van der Waals surface area contributed by atoms with E-state index in [-0.39, 0.29) is 22.6 Å². The highest BCUT2D eigenvalue weighted by Crippen LogP contribution is 2.29. The highest BCUT2D eigenvalue weighted by Gasteiger charge is 2.21. The van der Waals surface area contributed by atoms with E-state index in [4.69, 9.17) is 0 Å². The molecule has 0 saturated carbocycles. The van der Waals surface area contributed by atoms with Crippen molar-refractivity contribution < 1.29 is 13.2 Å². The van der Waals surface area contributed by atoms with Crippen LogP contribution in [0.4, 0.5) is 5.69 Å². The van der Waals surface area contributed by atoms with Gasteiger partial charge in [-0.2, -0.15) is 0 Å². The van der Waals surface area contributed by atoms with Gasteiger partial charge in [-0.1, -0.05) is 51.1 Å². The number of rotatable bonds is 3. The van der Waals surface area contributed by atoms with E-state index in [1.807, 2.05) is 24.3 Å². The summed E-state index contributed by atoms with van der Waals surface area (Å²) in [6, 6.07) is 12.9. The quantitative estimate of drug-likeness (QED) is 0.907. The van der Waals surface area contributed by atoms with Gasteiger partial charge in [-0.25, -0.2) is 8.42 Å². The van der Waals surface area contributed by atoms with E-state index in [9.17, 15) is 13.2 Å². The maximum Gasteiger partial charge on any atom is 0.228 e. The minimum absolute atomic E-state index is 0.0741. The molecule has 0 bridgehead atoms. The molecule has 1 aliphatic rings. The van der Waals surface area contributed by atoms with E-state index in [0.717, 1.165) is 5.56 Å². The lowest BCUT2D eigenvalue weighted by Crippen LogP contribution is -2.15. The molecule has 3 rings (SSSR count). The summed E-state index contributed by atoms with van der Waals surface area (Å²) in [7, 11) is -3.37. The molecule has 1 N–H and O–H groups in total. The van der Waals surface area contributed by atoms with Crippen molar-refractivity contribution in [1.82, 2.24) is 0 Å². The summed E-state index contributed by atoms with van der Waals surface area (Å²) in [5.74, 6) is -0.174. The number of hydrogen-bond acceptors (Lipinski definition) is 3. The molecule has 0 unspecified atom stereocenters. The lowest BCUT2D eigenvalue weighted by atomic mass is 9.86. The van der Waals surface area contributed by atoms with E-state index >= 15 is 0 Å². The van der Waals surface area contributed by atoms with Crippen molar-refractivity contribution in [2.24, 2.45) is 0 Å². The summed E-state index contributed by atoms with van der Waals surface area (Å²) >= 11 is 0. The highest BCUT2D eigenvalue weighted by molar-refractivity contribution is 7.94. The van der Waals surface area contributed by atoms with Crippen molar-refractivity contribution in [2.75, 3.05) is 5.32 Å². The molecule has 2 aromatic carbocycles. The number of nitrogens with one attached hydrogen (secondary N) is 1. The Morgan fingerprint density at radius 2 is 1.72 bits per heavy atom. The van der Waals surface area contributed by atoms with Gasteiger partial charge in [0.2, 0.25) is 15.7 Å². The molecule has 1 heterocycles. The van der Waals surface area contributed by atoms with Gasteiger partial charge in [0, 0.05) is 11.1 Å². The third-order valence-corrected chi connectivity index (χ3v) is 5.68. The van der Waals surface area contributed by atoms with Gasteiger partial charge in [0.05, 0.1) is 11.3 Å². The minimum atomic E-state index is -3.37. The number of amides is 1. The number of carbonyl (C=O) groups is 1. The van der Waals surface area contributed by atoms with Gasteiger partial charge < -0.3 is 5.32 Å². The van der Waals surface area contributed by atoms with Crippen molar-refractivity contribution in [2.45, 2.75) is 37.5 Å². The van der Waals surface area contributed by atoms with E-state index in [2.05, 4.69) is 26.1 Å². The first-order chi connectivity index (χ1) is 11.6. The standard InChI is InChI=1S/C20H21NO3S/c1-20(2,3)16-7-4-14(5-8-16)12-19(22)21-17-9-6-15-10-11-25(23,24)18(15)13-17/h4-11,13H,12H2,1-3H3,(H,21,22). The van der Waals surface area contributed by atoms with E-state index in [1.54, 1.807) is 18.2 Å². The van der Waals surface area contributed by atoms with Gasteiger partial charge in [0.1, 0.15) is 0 Å². The van der Waals surface area contributed by atoms with E-state index in [0.29, 0.717) is 11.3 Å². The molecule has 130 valence electrons. The van der Waals surface area contributed by atoms with Crippen LogP contribution in [0.5, 0.6) is 0 Å².